The van der Waals surface area contributed by atoms with Gasteiger partial charge in [0.1, 0.15) is 5.75 Å². The lowest BCUT2D eigenvalue weighted by atomic mass is 10.0. The van der Waals surface area contributed by atoms with Gasteiger partial charge in [0.15, 0.2) is 5.90 Å². The molecule has 0 spiro atoms. The van der Waals surface area contributed by atoms with Crippen LogP contribution in [0.5, 0.6) is 5.75 Å². The zero-order valence-corrected chi connectivity index (χ0v) is 34.1. The van der Waals surface area contributed by atoms with E-state index in [0.717, 1.165) is 113 Å². The molecule has 0 unspecified atom stereocenters. The summed E-state index contributed by atoms with van der Waals surface area (Å²) in [7, 11) is 0. The number of hydrogen-bond donors (Lipinski definition) is 0. The SMILES string of the molecule is CC/C=C\C/C=C\C/C=C\C/C=C\C/C=C\C/C=C\CCC(=O)OCOC1=Nc2cc(OCCCCN3CCN(c4cccc(Cl)c4Cl)CC3)ccc2CC1. The Kier molecular flexibility index (Phi) is 21.2. The number of carbonyl (C=O) groups excluding carboxylic acids is 1. The molecule has 1 saturated heterocycles. The second-order valence-electron chi connectivity index (χ2n) is 13.5. The lowest BCUT2D eigenvalue weighted by Gasteiger charge is -2.36. The van der Waals surface area contributed by atoms with Gasteiger partial charge in [-0.3, -0.25) is 9.69 Å². The molecule has 296 valence electrons. The highest BCUT2D eigenvalue weighted by Gasteiger charge is 2.20. The van der Waals surface area contributed by atoms with E-state index in [0.29, 0.717) is 41.8 Å². The largest absolute Gasteiger partial charge is 0.494 e. The molecule has 0 aliphatic carbocycles. The number of piperazine rings is 1. The maximum absolute atomic E-state index is 12.2. The van der Waals surface area contributed by atoms with E-state index < -0.39 is 0 Å². The van der Waals surface area contributed by atoms with E-state index in [-0.39, 0.29) is 12.8 Å². The van der Waals surface area contributed by atoms with Crippen LogP contribution in [0.2, 0.25) is 10.0 Å². The van der Waals surface area contributed by atoms with E-state index in [9.17, 15) is 4.79 Å². The summed E-state index contributed by atoms with van der Waals surface area (Å²) in [6.07, 6.45) is 36.3. The Morgan fingerprint density at radius 1 is 0.764 bits per heavy atom. The number of fused-ring (bicyclic) bond motifs is 1. The number of aliphatic imine (C=N–C) groups is 1. The van der Waals surface area contributed by atoms with Gasteiger partial charge in [-0.2, -0.15) is 0 Å². The summed E-state index contributed by atoms with van der Waals surface area (Å²) in [5.74, 6) is 1.10. The highest BCUT2D eigenvalue weighted by Crippen LogP contribution is 2.33. The van der Waals surface area contributed by atoms with Gasteiger partial charge in [-0.1, -0.05) is 115 Å². The summed E-state index contributed by atoms with van der Waals surface area (Å²) < 4.78 is 17.1. The molecule has 1 fully saturated rings. The second-order valence-corrected chi connectivity index (χ2v) is 14.3. The molecule has 0 radical (unpaired) electrons. The molecule has 2 aromatic carbocycles. The maximum Gasteiger partial charge on any atom is 0.308 e. The number of carbonyl (C=O) groups is 1. The minimum Gasteiger partial charge on any atom is -0.494 e. The van der Waals surface area contributed by atoms with Crippen LogP contribution in [-0.4, -0.2) is 62.9 Å². The van der Waals surface area contributed by atoms with E-state index >= 15 is 0 Å². The zero-order chi connectivity index (χ0) is 38.8. The van der Waals surface area contributed by atoms with E-state index in [1.54, 1.807) is 0 Å². The van der Waals surface area contributed by atoms with Crippen molar-refractivity contribution in [3.05, 3.63) is 125 Å². The van der Waals surface area contributed by atoms with Crippen LogP contribution in [-0.2, 0) is 20.7 Å². The third kappa shape index (κ3) is 17.5. The minimum absolute atomic E-state index is 0.129. The fourth-order valence-corrected chi connectivity index (χ4v) is 6.55. The quantitative estimate of drug-likeness (QED) is 0.0484. The van der Waals surface area contributed by atoms with Crippen LogP contribution in [0.25, 0.3) is 0 Å². The van der Waals surface area contributed by atoms with Gasteiger partial charge in [0.25, 0.3) is 0 Å². The van der Waals surface area contributed by atoms with Gasteiger partial charge in [-0.05, 0) is 94.5 Å². The number of nitrogens with zero attached hydrogens (tertiary/aromatic N) is 3. The first kappa shape index (κ1) is 43.7. The van der Waals surface area contributed by atoms with Gasteiger partial charge in [-0.25, -0.2) is 4.99 Å². The number of esters is 1. The second kappa shape index (κ2) is 26.7. The monoisotopic (exact) mass is 787 g/mol. The van der Waals surface area contributed by atoms with Crippen molar-refractivity contribution < 1.29 is 19.0 Å². The number of unbranched alkanes of at least 4 members (excludes halogenated alkanes) is 1. The van der Waals surface area contributed by atoms with Gasteiger partial charge in [0.2, 0.25) is 6.79 Å². The molecule has 7 nitrogen and oxygen atoms in total. The van der Waals surface area contributed by atoms with Gasteiger partial charge in [0.05, 0.1) is 28.0 Å². The molecular weight excluding hydrogens is 729 g/mol. The van der Waals surface area contributed by atoms with Gasteiger partial charge in [-0.15, -0.1) is 0 Å². The summed E-state index contributed by atoms with van der Waals surface area (Å²) in [6, 6.07) is 11.9. The molecule has 0 N–H and O–H groups in total. The predicted octanol–water partition coefficient (Wildman–Crippen LogP) is 11.9. The Morgan fingerprint density at radius 2 is 1.42 bits per heavy atom. The van der Waals surface area contributed by atoms with Crippen LogP contribution >= 0.6 is 23.2 Å². The number of hydrogen-bond acceptors (Lipinski definition) is 7. The number of rotatable bonds is 23. The average Bonchev–Trinajstić information content (AvgIpc) is 3.20. The Balaban J connectivity index is 1.01. The number of benzene rings is 2. The molecule has 4 rings (SSSR count). The molecule has 0 saturated carbocycles. The van der Waals surface area contributed by atoms with Crippen molar-refractivity contribution in [1.82, 2.24) is 4.90 Å². The van der Waals surface area contributed by atoms with Crippen molar-refractivity contribution in [2.24, 2.45) is 4.99 Å². The first-order valence-electron chi connectivity index (χ1n) is 20.0. The van der Waals surface area contributed by atoms with E-state index in [1.165, 1.54) is 0 Å². The van der Waals surface area contributed by atoms with Crippen LogP contribution < -0.4 is 9.64 Å². The Bertz CT molecular complexity index is 1650. The van der Waals surface area contributed by atoms with Crippen LogP contribution in [0.15, 0.2) is 114 Å². The number of aryl methyl sites for hydroxylation is 1. The highest BCUT2D eigenvalue weighted by molar-refractivity contribution is 6.43. The normalized spacial score (nSPS) is 15.3. The van der Waals surface area contributed by atoms with Crippen LogP contribution in [0.3, 0.4) is 0 Å². The maximum atomic E-state index is 12.2. The van der Waals surface area contributed by atoms with Crippen molar-refractivity contribution in [3.8, 4) is 5.75 Å². The zero-order valence-electron chi connectivity index (χ0n) is 32.6. The number of ether oxygens (including phenoxy) is 3. The molecule has 2 aliphatic rings. The third-order valence-corrected chi connectivity index (χ3v) is 10.1. The molecule has 2 aliphatic heterocycles. The third-order valence-electron chi connectivity index (χ3n) is 9.25. The Hall–Kier alpha value is -4.04. The van der Waals surface area contributed by atoms with Gasteiger partial charge >= 0.3 is 5.97 Å². The lowest BCUT2D eigenvalue weighted by Crippen LogP contribution is -2.46. The van der Waals surface area contributed by atoms with E-state index in [1.807, 2.05) is 36.4 Å². The average molecular weight is 789 g/mol. The smallest absolute Gasteiger partial charge is 0.308 e. The standard InChI is InChI=1S/C46H59Cl2N3O4/c1-2-3-4-5-6-7-8-9-10-11-12-13-14-15-16-17-18-19-20-26-45(52)55-38-54-44-30-28-39-27-29-40(37-42(39)49-44)53-36-22-21-31-50-32-34-51(35-33-50)43-25-23-24-41(47)46(43)48/h3-4,6-7,9-10,12-13,15-16,18-19,23-25,27,29,37H,2,5,8,11,14,17,20-22,26,28,30-36,38H2,1H3/b4-3-,7-6-,10-9-,13-12-,16-15-,19-18-. The fraction of sp³-hybridized carbons (Fsp3) is 0.435. The Labute approximate surface area is 339 Å². The first-order valence-corrected chi connectivity index (χ1v) is 20.7. The molecule has 0 bridgehead atoms. The molecular formula is C46H59Cl2N3O4. The van der Waals surface area contributed by atoms with Gasteiger partial charge in [0, 0.05) is 45.1 Å². The van der Waals surface area contributed by atoms with Crippen molar-refractivity contribution in [2.75, 3.05) is 51.0 Å². The van der Waals surface area contributed by atoms with Gasteiger partial charge < -0.3 is 19.1 Å². The molecule has 0 aromatic heterocycles. The van der Waals surface area contributed by atoms with E-state index in [2.05, 4.69) is 94.6 Å². The summed E-state index contributed by atoms with van der Waals surface area (Å²) >= 11 is 12.6. The number of halogens is 2. The fourth-order valence-electron chi connectivity index (χ4n) is 6.14. The Morgan fingerprint density at radius 3 is 2.09 bits per heavy atom. The highest BCUT2D eigenvalue weighted by atomic mass is 35.5. The van der Waals surface area contributed by atoms with Crippen LogP contribution in [0.1, 0.15) is 83.1 Å². The van der Waals surface area contributed by atoms with Crippen molar-refractivity contribution in [1.29, 1.82) is 0 Å². The first-order chi connectivity index (χ1) is 27.0. The molecule has 2 aromatic rings. The van der Waals surface area contributed by atoms with Crippen molar-refractivity contribution in [2.45, 2.75) is 84.0 Å². The summed E-state index contributed by atoms with van der Waals surface area (Å²) in [5.41, 5.74) is 3.02. The van der Waals surface area contributed by atoms with Crippen molar-refractivity contribution >= 4 is 46.4 Å². The number of allylic oxidation sites excluding steroid dienone is 12. The molecule has 0 amide bonds. The lowest BCUT2D eigenvalue weighted by molar-refractivity contribution is -0.150. The molecule has 55 heavy (non-hydrogen) atoms. The molecule has 0 atom stereocenters. The molecule has 2 heterocycles. The van der Waals surface area contributed by atoms with Crippen LogP contribution in [0.4, 0.5) is 11.4 Å². The van der Waals surface area contributed by atoms with Crippen molar-refractivity contribution in [3.63, 3.8) is 0 Å². The summed E-state index contributed by atoms with van der Waals surface area (Å²) in [6.45, 7) is 7.59. The number of anilines is 1. The molecule has 9 heteroatoms. The minimum atomic E-state index is -0.281. The van der Waals surface area contributed by atoms with E-state index in [4.69, 9.17) is 37.4 Å². The predicted molar refractivity (Wildman–Crippen MR) is 231 cm³/mol. The summed E-state index contributed by atoms with van der Waals surface area (Å²) in [5, 5.41) is 1.24. The van der Waals surface area contributed by atoms with Crippen LogP contribution in [0, 0.1) is 0 Å². The topological polar surface area (TPSA) is 63.6 Å². The summed E-state index contributed by atoms with van der Waals surface area (Å²) in [4.78, 5) is 21.7.